The smallest absolute Gasteiger partial charge is 0.164 e. The van der Waals surface area contributed by atoms with Gasteiger partial charge in [-0.25, -0.2) is 15.0 Å². The summed E-state index contributed by atoms with van der Waals surface area (Å²) in [4.78, 5) is 15.5. The zero-order valence-corrected chi connectivity index (χ0v) is 30.4. The molecule has 0 N–H and O–H groups in total. The van der Waals surface area contributed by atoms with Gasteiger partial charge in [0.05, 0.1) is 11.0 Å². The molecule has 8 aromatic carbocycles. The van der Waals surface area contributed by atoms with Crippen LogP contribution in [0, 0.1) is 0 Å². The van der Waals surface area contributed by atoms with Crippen molar-refractivity contribution < 1.29 is 8.83 Å². The number of benzene rings is 8. The van der Waals surface area contributed by atoms with Crippen LogP contribution >= 0.6 is 0 Å². The minimum Gasteiger partial charge on any atom is -0.456 e. The lowest BCUT2D eigenvalue weighted by atomic mass is 10.0. The Morgan fingerprint density at radius 2 is 0.895 bits per heavy atom. The number of fused-ring (bicyclic) bond motifs is 9. The molecule has 57 heavy (non-hydrogen) atoms. The van der Waals surface area contributed by atoms with Crippen LogP contribution in [0.4, 0.5) is 0 Å². The number of hydrogen-bond acceptors (Lipinski definition) is 5. The fourth-order valence-electron chi connectivity index (χ4n) is 8.49. The van der Waals surface area contributed by atoms with E-state index >= 15 is 0 Å². The van der Waals surface area contributed by atoms with E-state index in [9.17, 15) is 0 Å². The molecule has 12 rings (SSSR count). The van der Waals surface area contributed by atoms with Gasteiger partial charge in [-0.05, 0) is 59.7 Å². The van der Waals surface area contributed by atoms with Crippen LogP contribution in [-0.4, -0.2) is 19.5 Å². The lowest BCUT2D eigenvalue weighted by molar-refractivity contribution is 0.668. The first-order chi connectivity index (χ1) is 28.2. The summed E-state index contributed by atoms with van der Waals surface area (Å²) < 4.78 is 15.2. The van der Waals surface area contributed by atoms with Gasteiger partial charge in [-0.2, -0.15) is 0 Å². The van der Waals surface area contributed by atoms with Crippen LogP contribution in [0.1, 0.15) is 0 Å². The molecule has 0 aliphatic heterocycles. The van der Waals surface area contributed by atoms with Gasteiger partial charge in [-0.15, -0.1) is 0 Å². The van der Waals surface area contributed by atoms with Crippen molar-refractivity contribution in [3.8, 4) is 51.0 Å². The predicted molar refractivity (Wildman–Crippen MR) is 230 cm³/mol. The molecular formula is C51H30N4O2. The summed E-state index contributed by atoms with van der Waals surface area (Å²) in [6, 6.07) is 62.7. The molecule has 0 unspecified atom stereocenters. The summed E-state index contributed by atoms with van der Waals surface area (Å²) in [6.07, 6.45) is 0. The fourth-order valence-corrected chi connectivity index (χ4v) is 8.49. The molecule has 0 aliphatic rings. The molecule has 4 aromatic heterocycles. The third-order valence-corrected chi connectivity index (χ3v) is 11.1. The molecule has 0 saturated carbocycles. The van der Waals surface area contributed by atoms with E-state index in [1.807, 2.05) is 72.8 Å². The first-order valence-electron chi connectivity index (χ1n) is 19.0. The van der Waals surface area contributed by atoms with Gasteiger partial charge in [-0.1, -0.05) is 133 Å². The maximum absolute atomic E-state index is 6.57. The van der Waals surface area contributed by atoms with E-state index in [2.05, 4.69) is 114 Å². The highest BCUT2D eigenvalue weighted by atomic mass is 16.3. The second kappa shape index (κ2) is 12.3. The van der Waals surface area contributed by atoms with Crippen molar-refractivity contribution in [1.29, 1.82) is 0 Å². The van der Waals surface area contributed by atoms with Crippen molar-refractivity contribution in [2.45, 2.75) is 0 Å². The van der Waals surface area contributed by atoms with Crippen molar-refractivity contribution in [3.05, 3.63) is 182 Å². The first-order valence-corrected chi connectivity index (χ1v) is 19.0. The van der Waals surface area contributed by atoms with Crippen molar-refractivity contribution in [2.24, 2.45) is 0 Å². The third kappa shape index (κ3) is 4.94. The minimum absolute atomic E-state index is 0.562. The molecule has 12 aromatic rings. The number of hydrogen-bond donors (Lipinski definition) is 0. The summed E-state index contributed by atoms with van der Waals surface area (Å²) in [7, 11) is 0. The molecule has 4 heterocycles. The average Bonchev–Trinajstić information content (AvgIpc) is 3.96. The maximum atomic E-state index is 6.57. The molecular weight excluding hydrogens is 701 g/mol. The van der Waals surface area contributed by atoms with Crippen LogP contribution in [0.2, 0.25) is 0 Å². The molecule has 0 aliphatic carbocycles. The Morgan fingerprint density at radius 3 is 1.63 bits per heavy atom. The minimum atomic E-state index is 0.562. The Bertz CT molecular complexity index is 3530. The quantitative estimate of drug-likeness (QED) is 0.176. The molecule has 6 nitrogen and oxygen atoms in total. The van der Waals surface area contributed by atoms with Gasteiger partial charge in [0.15, 0.2) is 17.5 Å². The summed E-state index contributed by atoms with van der Waals surface area (Å²) in [5.41, 5.74) is 11.5. The Labute approximate surface area is 325 Å². The van der Waals surface area contributed by atoms with E-state index in [0.717, 1.165) is 77.3 Å². The van der Waals surface area contributed by atoms with Gasteiger partial charge in [-0.3, -0.25) is 0 Å². The maximum Gasteiger partial charge on any atom is 0.164 e. The largest absolute Gasteiger partial charge is 0.456 e. The number of furan rings is 2. The van der Waals surface area contributed by atoms with Crippen molar-refractivity contribution in [1.82, 2.24) is 19.5 Å². The van der Waals surface area contributed by atoms with Crippen LogP contribution in [0.3, 0.4) is 0 Å². The van der Waals surface area contributed by atoms with Gasteiger partial charge >= 0.3 is 0 Å². The summed E-state index contributed by atoms with van der Waals surface area (Å²) in [5.74, 6) is 1.72. The molecule has 0 atom stereocenters. The van der Waals surface area contributed by atoms with E-state index in [4.69, 9.17) is 23.8 Å². The highest BCUT2D eigenvalue weighted by Crippen LogP contribution is 2.41. The average molecular weight is 731 g/mol. The van der Waals surface area contributed by atoms with Gasteiger partial charge in [0.2, 0.25) is 0 Å². The second-order valence-electron chi connectivity index (χ2n) is 14.4. The molecule has 0 amide bonds. The normalized spacial score (nSPS) is 11.9. The lowest BCUT2D eigenvalue weighted by Crippen LogP contribution is -2.00. The Kier molecular flexibility index (Phi) is 6.83. The zero-order chi connectivity index (χ0) is 37.5. The third-order valence-electron chi connectivity index (χ3n) is 11.1. The number of nitrogens with zero attached hydrogens (tertiary/aromatic N) is 4. The number of para-hydroxylation sites is 2. The summed E-state index contributed by atoms with van der Waals surface area (Å²) in [6.45, 7) is 0. The Hall–Kier alpha value is -7.83. The van der Waals surface area contributed by atoms with Gasteiger partial charge in [0.25, 0.3) is 0 Å². The molecule has 0 bridgehead atoms. The fraction of sp³-hybridized carbons (Fsp3) is 0. The molecule has 266 valence electrons. The molecule has 0 radical (unpaired) electrons. The highest BCUT2D eigenvalue weighted by Gasteiger charge is 2.21. The standard InChI is InChI=1S/C51H30N4O2/c1-3-13-31(14-4-1)33-25-27-36-35-17-7-9-21-41(35)55(42(36)29-33)34-26-28-44-40(30-34)48-39(20-12-24-46(48)57-44)51-53-49(32-15-5-2-6-16-32)52-50(54-51)38-19-11-23-45-47(38)37-18-8-10-22-43(37)56-45/h1-30H. The van der Waals surface area contributed by atoms with Crippen LogP contribution < -0.4 is 0 Å². The van der Waals surface area contributed by atoms with E-state index in [1.165, 1.54) is 21.9 Å². The molecule has 0 fully saturated rings. The Balaban J connectivity index is 1.10. The van der Waals surface area contributed by atoms with Crippen LogP contribution in [-0.2, 0) is 0 Å². The van der Waals surface area contributed by atoms with Crippen LogP contribution in [0.15, 0.2) is 191 Å². The zero-order valence-electron chi connectivity index (χ0n) is 30.4. The van der Waals surface area contributed by atoms with Crippen molar-refractivity contribution in [2.75, 3.05) is 0 Å². The molecule has 0 spiro atoms. The predicted octanol–water partition coefficient (Wildman–Crippen LogP) is 13.4. The molecule has 6 heteroatoms. The van der Waals surface area contributed by atoms with E-state index in [-0.39, 0.29) is 0 Å². The van der Waals surface area contributed by atoms with Gasteiger partial charge in [0.1, 0.15) is 22.3 Å². The van der Waals surface area contributed by atoms with E-state index < -0.39 is 0 Å². The molecule has 0 saturated heterocycles. The number of rotatable bonds is 5. The van der Waals surface area contributed by atoms with E-state index in [0.29, 0.717) is 17.5 Å². The highest BCUT2D eigenvalue weighted by molar-refractivity contribution is 6.15. The first kappa shape index (κ1) is 31.5. The van der Waals surface area contributed by atoms with E-state index in [1.54, 1.807) is 0 Å². The van der Waals surface area contributed by atoms with Gasteiger partial charge in [0, 0.05) is 54.7 Å². The lowest BCUT2D eigenvalue weighted by Gasteiger charge is -2.11. The SMILES string of the molecule is c1ccc(-c2ccc3c4ccccc4n(-c4ccc5oc6cccc(-c7nc(-c8ccccc8)nc(-c8cccc9oc%10ccccc%10c89)n7)c6c5c4)c3c2)cc1. The topological polar surface area (TPSA) is 69.9 Å². The summed E-state index contributed by atoms with van der Waals surface area (Å²) >= 11 is 0. The Morgan fingerprint density at radius 1 is 0.333 bits per heavy atom. The van der Waals surface area contributed by atoms with Crippen molar-refractivity contribution in [3.63, 3.8) is 0 Å². The monoisotopic (exact) mass is 730 g/mol. The van der Waals surface area contributed by atoms with Crippen LogP contribution in [0.5, 0.6) is 0 Å². The van der Waals surface area contributed by atoms with Gasteiger partial charge < -0.3 is 13.4 Å². The van der Waals surface area contributed by atoms with Crippen molar-refractivity contribution >= 4 is 65.7 Å². The summed E-state index contributed by atoms with van der Waals surface area (Å²) in [5, 5.41) is 6.33. The number of aromatic nitrogens is 4. The van der Waals surface area contributed by atoms with Crippen LogP contribution in [0.25, 0.3) is 117 Å². The second-order valence-corrected chi connectivity index (χ2v) is 14.4.